The van der Waals surface area contributed by atoms with E-state index in [9.17, 15) is 9.18 Å². The summed E-state index contributed by atoms with van der Waals surface area (Å²) in [6.07, 6.45) is 2.06. The van der Waals surface area contributed by atoms with Gasteiger partial charge in [-0.2, -0.15) is 0 Å². The zero-order valence-electron chi connectivity index (χ0n) is 10.3. The molecule has 0 unspecified atom stereocenters. The average Bonchev–Trinajstić information content (AvgIpc) is 2.81. The maximum absolute atomic E-state index is 12.9. The summed E-state index contributed by atoms with van der Waals surface area (Å²) in [6, 6.07) is 4.70. The van der Waals surface area contributed by atoms with Crippen molar-refractivity contribution in [3.63, 3.8) is 0 Å². The van der Waals surface area contributed by atoms with Crippen LogP contribution in [0.4, 0.5) is 9.52 Å². The fourth-order valence-electron chi connectivity index (χ4n) is 1.70. The number of aromatic nitrogens is 1. The monoisotopic (exact) mass is 280 g/mol. The van der Waals surface area contributed by atoms with Crippen LogP contribution in [0.2, 0.25) is 0 Å². The lowest BCUT2D eigenvalue weighted by Gasteiger charge is -2.06. The topological polar surface area (TPSA) is 62.2 Å². The Morgan fingerprint density at radius 3 is 2.95 bits per heavy atom. The quantitative estimate of drug-likeness (QED) is 0.884. The van der Waals surface area contributed by atoms with E-state index >= 15 is 0 Å². The summed E-state index contributed by atoms with van der Waals surface area (Å²) in [5.74, 6) is -1.21. The van der Waals surface area contributed by atoms with Crippen molar-refractivity contribution in [2.24, 2.45) is 0 Å². The molecule has 4 nitrogen and oxygen atoms in total. The standard InChI is InChI=1S/C13H13FN2O2S/c1-8-6-10(14)3-2-9(8)4-5-15-13-16-7-11(19-13)12(17)18/h2-3,6-7H,4-5H2,1H3,(H,15,16)(H,17,18). The Bertz CT molecular complexity index is 598. The summed E-state index contributed by atoms with van der Waals surface area (Å²) in [5, 5.41) is 12.4. The Morgan fingerprint density at radius 2 is 2.32 bits per heavy atom. The van der Waals surface area contributed by atoms with Crippen molar-refractivity contribution in [3.8, 4) is 0 Å². The molecule has 6 heteroatoms. The van der Waals surface area contributed by atoms with Crippen LogP contribution in [0.3, 0.4) is 0 Å². The first-order valence-electron chi connectivity index (χ1n) is 5.74. The van der Waals surface area contributed by atoms with E-state index in [-0.39, 0.29) is 10.7 Å². The third kappa shape index (κ3) is 3.51. The van der Waals surface area contributed by atoms with E-state index in [0.29, 0.717) is 11.7 Å². The van der Waals surface area contributed by atoms with E-state index in [4.69, 9.17) is 5.11 Å². The molecule has 100 valence electrons. The Balaban J connectivity index is 1.90. The molecule has 0 aliphatic carbocycles. The molecule has 0 atom stereocenters. The molecule has 0 spiro atoms. The van der Waals surface area contributed by atoms with Crippen molar-refractivity contribution < 1.29 is 14.3 Å². The lowest BCUT2D eigenvalue weighted by molar-refractivity contribution is 0.0702. The van der Waals surface area contributed by atoms with Crippen LogP contribution in [-0.2, 0) is 6.42 Å². The highest BCUT2D eigenvalue weighted by Gasteiger charge is 2.08. The molecule has 0 aliphatic heterocycles. The van der Waals surface area contributed by atoms with Crippen LogP contribution in [0.5, 0.6) is 0 Å². The van der Waals surface area contributed by atoms with Crippen molar-refractivity contribution in [2.75, 3.05) is 11.9 Å². The number of carbonyl (C=O) groups is 1. The van der Waals surface area contributed by atoms with E-state index in [1.165, 1.54) is 18.3 Å². The zero-order valence-corrected chi connectivity index (χ0v) is 11.1. The predicted octanol–water partition coefficient (Wildman–Crippen LogP) is 2.94. The second-order valence-electron chi connectivity index (χ2n) is 4.08. The molecule has 0 aliphatic rings. The summed E-state index contributed by atoms with van der Waals surface area (Å²) >= 11 is 1.10. The first kappa shape index (κ1) is 13.5. The van der Waals surface area contributed by atoms with Gasteiger partial charge in [0.05, 0.1) is 6.20 Å². The molecule has 0 amide bonds. The second kappa shape index (κ2) is 5.79. The number of halogens is 1. The van der Waals surface area contributed by atoms with Crippen molar-refractivity contribution in [2.45, 2.75) is 13.3 Å². The van der Waals surface area contributed by atoms with Gasteiger partial charge in [-0.1, -0.05) is 17.4 Å². The maximum atomic E-state index is 12.9. The van der Waals surface area contributed by atoms with Gasteiger partial charge in [0.1, 0.15) is 10.7 Å². The fraction of sp³-hybridized carbons (Fsp3) is 0.231. The lowest BCUT2D eigenvalue weighted by Crippen LogP contribution is -2.05. The second-order valence-corrected chi connectivity index (χ2v) is 5.11. The van der Waals surface area contributed by atoms with Crippen molar-refractivity contribution in [3.05, 3.63) is 46.2 Å². The van der Waals surface area contributed by atoms with E-state index in [0.717, 1.165) is 28.9 Å². The molecule has 0 saturated carbocycles. The van der Waals surface area contributed by atoms with E-state index in [1.807, 2.05) is 6.92 Å². The molecule has 0 fully saturated rings. The number of rotatable bonds is 5. The van der Waals surface area contributed by atoms with Gasteiger partial charge in [0.25, 0.3) is 0 Å². The minimum Gasteiger partial charge on any atom is -0.477 e. The molecule has 19 heavy (non-hydrogen) atoms. The van der Waals surface area contributed by atoms with Crippen molar-refractivity contribution in [1.29, 1.82) is 0 Å². The number of hydrogen-bond donors (Lipinski definition) is 2. The normalized spacial score (nSPS) is 10.4. The van der Waals surface area contributed by atoms with E-state index in [1.54, 1.807) is 6.07 Å². The Hall–Kier alpha value is -1.95. The van der Waals surface area contributed by atoms with Gasteiger partial charge < -0.3 is 10.4 Å². The van der Waals surface area contributed by atoms with Crippen LogP contribution in [0, 0.1) is 12.7 Å². The summed E-state index contributed by atoms with van der Waals surface area (Å²) in [4.78, 5) is 14.9. The van der Waals surface area contributed by atoms with Gasteiger partial charge >= 0.3 is 5.97 Å². The number of nitrogens with one attached hydrogen (secondary N) is 1. The third-order valence-corrected chi connectivity index (χ3v) is 3.63. The van der Waals surface area contributed by atoms with Gasteiger partial charge in [-0.3, -0.25) is 0 Å². The molecule has 0 bridgehead atoms. The Morgan fingerprint density at radius 1 is 1.53 bits per heavy atom. The Kier molecular flexibility index (Phi) is 4.11. The third-order valence-electron chi connectivity index (χ3n) is 2.69. The first-order valence-corrected chi connectivity index (χ1v) is 6.56. The number of aryl methyl sites for hydroxylation is 1. The summed E-state index contributed by atoms with van der Waals surface area (Å²) in [6.45, 7) is 2.49. The minimum atomic E-state index is -0.972. The minimum absolute atomic E-state index is 0.209. The van der Waals surface area contributed by atoms with Crippen LogP contribution in [0.25, 0.3) is 0 Å². The molecular weight excluding hydrogens is 267 g/mol. The molecule has 1 aromatic heterocycles. The predicted molar refractivity (Wildman–Crippen MR) is 72.4 cm³/mol. The van der Waals surface area contributed by atoms with Gasteiger partial charge in [-0.15, -0.1) is 0 Å². The first-order chi connectivity index (χ1) is 9.06. The maximum Gasteiger partial charge on any atom is 0.347 e. The smallest absolute Gasteiger partial charge is 0.347 e. The molecule has 2 rings (SSSR count). The number of hydrogen-bond acceptors (Lipinski definition) is 4. The van der Waals surface area contributed by atoms with Crippen LogP contribution in [0.1, 0.15) is 20.8 Å². The van der Waals surface area contributed by atoms with Gasteiger partial charge in [-0.05, 0) is 36.6 Å². The Labute approximate surface area is 113 Å². The van der Waals surface area contributed by atoms with Gasteiger partial charge in [-0.25, -0.2) is 14.2 Å². The summed E-state index contributed by atoms with van der Waals surface area (Å²) in [7, 11) is 0. The van der Waals surface area contributed by atoms with Gasteiger partial charge in [0.15, 0.2) is 5.13 Å². The summed E-state index contributed by atoms with van der Waals surface area (Å²) in [5.41, 5.74) is 1.97. The molecule has 0 radical (unpaired) electrons. The highest BCUT2D eigenvalue weighted by Crippen LogP contribution is 2.18. The highest BCUT2D eigenvalue weighted by molar-refractivity contribution is 7.17. The largest absolute Gasteiger partial charge is 0.477 e. The average molecular weight is 280 g/mol. The van der Waals surface area contributed by atoms with Crippen LogP contribution in [0.15, 0.2) is 24.4 Å². The van der Waals surface area contributed by atoms with E-state index in [2.05, 4.69) is 10.3 Å². The highest BCUT2D eigenvalue weighted by atomic mass is 32.1. The number of aromatic carboxylic acids is 1. The molecular formula is C13H13FN2O2S. The summed E-state index contributed by atoms with van der Waals surface area (Å²) < 4.78 is 12.9. The molecule has 0 saturated heterocycles. The fourth-order valence-corrected chi connectivity index (χ4v) is 2.38. The van der Waals surface area contributed by atoms with Gasteiger partial charge in [0, 0.05) is 6.54 Å². The van der Waals surface area contributed by atoms with Crippen LogP contribution in [-0.4, -0.2) is 22.6 Å². The van der Waals surface area contributed by atoms with Crippen molar-refractivity contribution >= 4 is 22.4 Å². The number of carboxylic acids is 1. The molecule has 2 aromatic rings. The molecule has 1 heterocycles. The van der Waals surface area contributed by atoms with Crippen LogP contribution >= 0.6 is 11.3 Å². The SMILES string of the molecule is Cc1cc(F)ccc1CCNc1ncc(C(=O)O)s1. The zero-order chi connectivity index (χ0) is 13.8. The molecule has 2 N–H and O–H groups in total. The van der Waals surface area contributed by atoms with Gasteiger partial charge in [0.2, 0.25) is 0 Å². The van der Waals surface area contributed by atoms with E-state index < -0.39 is 5.97 Å². The number of anilines is 1. The number of thiazole rings is 1. The molecule has 1 aromatic carbocycles. The lowest BCUT2D eigenvalue weighted by atomic mass is 10.1. The number of benzene rings is 1. The van der Waals surface area contributed by atoms with Crippen molar-refractivity contribution in [1.82, 2.24) is 4.98 Å². The van der Waals surface area contributed by atoms with Crippen LogP contribution < -0.4 is 5.32 Å². The number of carboxylic acid groups (broad SMARTS) is 1. The number of nitrogens with zero attached hydrogens (tertiary/aromatic N) is 1.